The molecule has 2 rings (SSSR count). The van der Waals surface area contributed by atoms with Crippen LogP contribution in [0.25, 0.3) is 0 Å². The molecule has 4 nitrogen and oxygen atoms in total. The van der Waals surface area contributed by atoms with E-state index in [1.165, 1.54) is 5.69 Å². The minimum absolute atomic E-state index is 0.351. The Morgan fingerprint density at radius 1 is 1.59 bits per heavy atom. The fourth-order valence-electron chi connectivity index (χ4n) is 2.85. The van der Waals surface area contributed by atoms with Gasteiger partial charge in [0, 0.05) is 12.1 Å². The van der Waals surface area contributed by atoms with E-state index in [4.69, 9.17) is 0 Å². The molecular weight excluding hydrogens is 212 g/mol. The highest BCUT2D eigenvalue weighted by molar-refractivity contribution is 5.13. The van der Waals surface area contributed by atoms with Crippen molar-refractivity contribution in [1.82, 2.24) is 15.1 Å². The summed E-state index contributed by atoms with van der Waals surface area (Å²) in [7, 11) is 1.88. The second-order valence-electron chi connectivity index (χ2n) is 5.07. The minimum Gasteiger partial charge on any atom is -0.302 e. The van der Waals surface area contributed by atoms with Crippen molar-refractivity contribution in [2.45, 2.75) is 51.1 Å². The van der Waals surface area contributed by atoms with E-state index in [0.29, 0.717) is 6.04 Å². The molecule has 0 aliphatic heterocycles. The Morgan fingerprint density at radius 3 is 2.88 bits per heavy atom. The van der Waals surface area contributed by atoms with E-state index >= 15 is 0 Å². The van der Waals surface area contributed by atoms with Crippen LogP contribution >= 0.6 is 0 Å². The van der Waals surface area contributed by atoms with E-state index in [1.54, 1.807) is 0 Å². The monoisotopic (exact) mass is 232 g/mol. The Kier molecular flexibility index (Phi) is 3.21. The van der Waals surface area contributed by atoms with Gasteiger partial charge >= 0.3 is 0 Å². The van der Waals surface area contributed by atoms with Crippen molar-refractivity contribution in [1.29, 1.82) is 5.26 Å². The van der Waals surface area contributed by atoms with Gasteiger partial charge in [0.05, 0.1) is 17.8 Å². The van der Waals surface area contributed by atoms with Gasteiger partial charge in [0.25, 0.3) is 0 Å². The van der Waals surface area contributed by atoms with Crippen LogP contribution in [-0.4, -0.2) is 22.4 Å². The number of hydrogen-bond donors (Lipinski definition) is 1. The van der Waals surface area contributed by atoms with E-state index in [2.05, 4.69) is 34.2 Å². The molecule has 0 amide bonds. The predicted molar refractivity (Wildman–Crippen MR) is 66.6 cm³/mol. The molecule has 1 N–H and O–H groups in total. The van der Waals surface area contributed by atoms with E-state index in [0.717, 1.165) is 31.4 Å². The van der Waals surface area contributed by atoms with Crippen LogP contribution in [0.4, 0.5) is 0 Å². The third-order valence-corrected chi connectivity index (χ3v) is 3.81. The standard InChI is InChI=1S/C13H20N4/c1-10-7-11(2)17(16-10)12-5-4-6-13(8-12,9-14)15-3/h7,12,15H,4-6,8H2,1-3H3. The lowest BCUT2D eigenvalue weighted by molar-refractivity contribution is 0.227. The lowest BCUT2D eigenvalue weighted by Crippen LogP contribution is -2.46. The van der Waals surface area contributed by atoms with Crippen molar-refractivity contribution in [3.8, 4) is 6.07 Å². The summed E-state index contributed by atoms with van der Waals surface area (Å²) in [6.07, 6.45) is 3.99. The topological polar surface area (TPSA) is 53.6 Å². The molecule has 2 atom stereocenters. The summed E-state index contributed by atoms with van der Waals surface area (Å²) in [6.45, 7) is 4.10. The average molecular weight is 232 g/mol. The van der Waals surface area contributed by atoms with Crippen LogP contribution in [-0.2, 0) is 0 Å². The summed E-state index contributed by atoms with van der Waals surface area (Å²) in [5.74, 6) is 0. The number of rotatable bonds is 2. The average Bonchev–Trinajstić information content (AvgIpc) is 2.68. The zero-order valence-corrected chi connectivity index (χ0v) is 10.8. The van der Waals surface area contributed by atoms with Gasteiger partial charge < -0.3 is 5.32 Å². The Hall–Kier alpha value is -1.34. The van der Waals surface area contributed by atoms with Crippen molar-refractivity contribution < 1.29 is 0 Å². The molecule has 1 aliphatic carbocycles. The summed E-state index contributed by atoms with van der Waals surface area (Å²) in [5, 5.41) is 17.1. The molecule has 1 heterocycles. The summed E-state index contributed by atoms with van der Waals surface area (Å²) in [4.78, 5) is 0. The fraction of sp³-hybridized carbons (Fsp3) is 0.692. The van der Waals surface area contributed by atoms with Crippen molar-refractivity contribution >= 4 is 0 Å². The van der Waals surface area contributed by atoms with Crippen molar-refractivity contribution in [2.75, 3.05) is 7.05 Å². The van der Waals surface area contributed by atoms with Gasteiger partial charge in [-0.3, -0.25) is 4.68 Å². The predicted octanol–water partition coefficient (Wildman–Crippen LogP) is 2.10. The second kappa shape index (κ2) is 4.50. The molecule has 4 heteroatoms. The smallest absolute Gasteiger partial charge is 0.108 e. The van der Waals surface area contributed by atoms with Gasteiger partial charge in [-0.25, -0.2) is 0 Å². The van der Waals surface area contributed by atoms with Crippen molar-refractivity contribution in [3.05, 3.63) is 17.5 Å². The van der Waals surface area contributed by atoms with E-state index < -0.39 is 0 Å². The highest BCUT2D eigenvalue weighted by Crippen LogP contribution is 2.35. The lowest BCUT2D eigenvalue weighted by Gasteiger charge is -2.36. The van der Waals surface area contributed by atoms with E-state index in [-0.39, 0.29) is 5.54 Å². The highest BCUT2D eigenvalue weighted by Gasteiger charge is 2.36. The molecule has 92 valence electrons. The van der Waals surface area contributed by atoms with Crippen LogP contribution in [0.3, 0.4) is 0 Å². The Balaban J connectivity index is 2.23. The number of aryl methyl sites for hydroxylation is 2. The number of nitriles is 1. The van der Waals surface area contributed by atoms with Crippen LogP contribution in [0.2, 0.25) is 0 Å². The Labute approximate surface area is 103 Å². The molecule has 17 heavy (non-hydrogen) atoms. The van der Waals surface area contributed by atoms with E-state index in [9.17, 15) is 5.26 Å². The zero-order valence-electron chi connectivity index (χ0n) is 10.8. The molecule has 0 radical (unpaired) electrons. The summed E-state index contributed by atoms with van der Waals surface area (Å²) in [6, 6.07) is 4.89. The van der Waals surface area contributed by atoms with Gasteiger partial charge in [0.1, 0.15) is 5.54 Å². The van der Waals surface area contributed by atoms with Gasteiger partial charge in [-0.05, 0) is 46.2 Å². The molecule has 2 unspecified atom stereocenters. The normalized spacial score (nSPS) is 28.9. The van der Waals surface area contributed by atoms with E-state index in [1.807, 2.05) is 14.0 Å². The number of aromatic nitrogens is 2. The molecule has 1 fully saturated rings. The second-order valence-corrected chi connectivity index (χ2v) is 5.07. The molecular formula is C13H20N4. The van der Waals surface area contributed by atoms with Crippen molar-refractivity contribution in [2.24, 2.45) is 0 Å². The molecule has 0 bridgehead atoms. The van der Waals surface area contributed by atoms with Gasteiger partial charge in [0.15, 0.2) is 0 Å². The maximum atomic E-state index is 9.34. The van der Waals surface area contributed by atoms with Gasteiger partial charge in [0.2, 0.25) is 0 Å². The summed E-state index contributed by atoms with van der Waals surface area (Å²) >= 11 is 0. The molecule has 0 aromatic carbocycles. The Morgan fingerprint density at radius 2 is 2.35 bits per heavy atom. The number of nitrogens with zero attached hydrogens (tertiary/aromatic N) is 3. The molecule has 1 saturated carbocycles. The largest absolute Gasteiger partial charge is 0.302 e. The van der Waals surface area contributed by atoms with Crippen LogP contribution in [0.5, 0.6) is 0 Å². The molecule has 1 aromatic heterocycles. The first kappa shape index (κ1) is 12.1. The third-order valence-electron chi connectivity index (χ3n) is 3.81. The number of nitrogens with one attached hydrogen (secondary N) is 1. The third kappa shape index (κ3) is 2.20. The van der Waals surface area contributed by atoms with Crippen LogP contribution in [0, 0.1) is 25.2 Å². The van der Waals surface area contributed by atoms with Gasteiger partial charge in [-0.2, -0.15) is 10.4 Å². The minimum atomic E-state index is -0.366. The number of hydrogen-bond acceptors (Lipinski definition) is 3. The fourth-order valence-corrected chi connectivity index (χ4v) is 2.85. The first-order valence-electron chi connectivity index (χ1n) is 6.23. The maximum Gasteiger partial charge on any atom is 0.108 e. The van der Waals surface area contributed by atoms with Crippen LogP contribution < -0.4 is 5.32 Å². The molecule has 1 aliphatic rings. The summed E-state index contributed by atoms with van der Waals surface area (Å²) in [5.41, 5.74) is 1.88. The van der Waals surface area contributed by atoms with Gasteiger partial charge in [-0.15, -0.1) is 0 Å². The highest BCUT2D eigenvalue weighted by atomic mass is 15.3. The first-order chi connectivity index (χ1) is 8.10. The Bertz CT molecular complexity index is 443. The summed E-state index contributed by atoms with van der Waals surface area (Å²) < 4.78 is 2.10. The maximum absolute atomic E-state index is 9.34. The molecule has 1 aromatic rings. The lowest BCUT2D eigenvalue weighted by atomic mass is 9.80. The quantitative estimate of drug-likeness (QED) is 0.849. The first-order valence-corrected chi connectivity index (χ1v) is 6.23. The van der Waals surface area contributed by atoms with Crippen LogP contribution in [0.1, 0.15) is 43.1 Å². The van der Waals surface area contributed by atoms with Crippen LogP contribution in [0.15, 0.2) is 6.07 Å². The molecule has 0 saturated heterocycles. The van der Waals surface area contributed by atoms with Gasteiger partial charge in [-0.1, -0.05) is 0 Å². The van der Waals surface area contributed by atoms with Crippen molar-refractivity contribution in [3.63, 3.8) is 0 Å². The zero-order chi connectivity index (χ0) is 12.5. The molecule has 0 spiro atoms. The SMILES string of the molecule is CNC1(C#N)CCCC(n2nc(C)cc2C)C1.